The van der Waals surface area contributed by atoms with Crippen LogP contribution in [0.3, 0.4) is 0 Å². The van der Waals surface area contributed by atoms with Gasteiger partial charge in [-0.3, -0.25) is 4.79 Å². The molecule has 1 amide bonds. The molecule has 22 heavy (non-hydrogen) atoms. The van der Waals surface area contributed by atoms with E-state index in [1.165, 1.54) is 23.5 Å². The number of carbonyl (C=O) groups excluding carboxylic acids is 1. The molecule has 0 bridgehead atoms. The number of hydrogen-bond donors (Lipinski definition) is 1. The molecule has 1 heterocycles. The Bertz CT molecular complexity index is 640. The number of hydrogen-bond acceptors (Lipinski definition) is 3. The average molecular weight is 350 g/mol. The summed E-state index contributed by atoms with van der Waals surface area (Å²) in [4.78, 5) is 12.3. The fourth-order valence-electron chi connectivity index (χ4n) is 1.57. The highest BCUT2D eigenvalue weighted by atomic mass is 35.5. The highest BCUT2D eigenvalue weighted by molar-refractivity contribution is 7.17. The molecule has 1 aromatic heterocycles. The van der Waals surface area contributed by atoms with Crippen LogP contribution in [0.1, 0.15) is 15.2 Å². The number of rotatable bonds is 5. The van der Waals surface area contributed by atoms with E-state index in [2.05, 4.69) is 10.1 Å². The molecule has 0 saturated carbocycles. The normalized spacial score (nSPS) is 11.3. The van der Waals surface area contributed by atoms with Crippen molar-refractivity contribution in [1.29, 1.82) is 0 Å². The predicted octanol–water partition coefficient (Wildman–Crippen LogP) is 4.27. The Kier molecular flexibility index (Phi) is 5.31. The van der Waals surface area contributed by atoms with Gasteiger partial charge >= 0.3 is 6.18 Å². The molecule has 0 saturated heterocycles. The van der Waals surface area contributed by atoms with Crippen molar-refractivity contribution in [3.8, 4) is 5.75 Å². The van der Waals surface area contributed by atoms with Crippen molar-refractivity contribution >= 4 is 28.8 Å². The Labute approximate surface area is 133 Å². The van der Waals surface area contributed by atoms with Crippen LogP contribution in [-0.2, 0) is 6.54 Å². The van der Waals surface area contributed by atoms with Gasteiger partial charge < -0.3 is 10.1 Å². The lowest BCUT2D eigenvalue weighted by molar-refractivity contribution is -0.153. The smallest absolute Gasteiger partial charge is 0.422 e. The van der Waals surface area contributed by atoms with E-state index in [-0.39, 0.29) is 18.2 Å². The first-order chi connectivity index (χ1) is 10.3. The van der Waals surface area contributed by atoms with Crippen LogP contribution in [0.2, 0.25) is 4.34 Å². The summed E-state index contributed by atoms with van der Waals surface area (Å²) in [5, 5.41) is 2.70. The fourth-order valence-corrected chi connectivity index (χ4v) is 2.53. The van der Waals surface area contributed by atoms with E-state index >= 15 is 0 Å². The third kappa shape index (κ3) is 5.23. The van der Waals surface area contributed by atoms with Crippen molar-refractivity contribution in [2.75, 3.05) is 6.61 Å². The topological polar surface area (TPSA) is 38.3 Å². The number of ether oxygens (including phenoxy) is 1. The summed E-state index contributed by atoms with van der Waals surface area (Å²) in [6.45, 7) is -1.07. The zero-order chi connectivity index (χ0) is 16.2. The molecule has 8 heteroatoms. The summed E-state index contributed by atoms with van der Waals surface area (Å²) in [6, 6.07) is 9.29. The monoisotopic (exact) mass is 349 g/mol. The van der Waals surface area contributed by atoms with Crippen LogP contribution >= 0.6 is 22.9 Å². The Hall–Kier alpha value is -1.73. The molecule has 0 aliphatic rings. The number of thiophene rings is 1. The summed E-state index contributed by atoms with van der Waals surface area (Å²) in [5.74, 6) is -0.133. The van der Waals surface area contributed by atoms with Crippen molar-refractivity contribution in [1.82, 2.24) is 5.32 Å². The molecule has 2 rings (SSSR count). The summed E-state index contributed by atoms with van der Waals surface area (Å²) in [6.07, 6.45) is -4.37. The SMILES string of the molecule is O=C(NCc1ccc(OCC(F)(F)F)cc1)c1ccc(Cl)s1. The summed E-state index contributed by atoms with van der Waals surface area (Å²) >= 11 is 6.91. The summed E-state index contributed by atoms with van der Waals surface area (Å²) in [7, 11) is 0. The van der Waals surface area contributed by atoms with Crippen molar-refractivity contribution < 1.29 is 22.7 Å². The average Bonchev–Trinajstić information content (AvgIpc) is 2.89. The number of amides is 1. The third-order valence-corrected chi connectivity index (χ3v) is 3.81. The fraction of sp³-hybridized carbons (Fsp3) is 0.214. The molecule has 0 unspecified atom stereocenters. The summed E-state index contributed by atoms with van der Waals surface area (Å²) in [5.41, 5.74) is 0.746. The van der Waals surface area contributed by atoms with Crippen molar-refractivity contribution in [3.05, 3.63) is 51.2 Å². The molecule has 0 aliphatic heterocycles. The molecule has 1 N–H and O–H groups in total. The maximum atomic E-state index is 12.0. The molecule has 2 aromatic rings. The Morgan fingerprint density at radius 3 is 2.41 bits per heavy atom. The maximum absolute atomic E-state index is 12.0. The number of nitrogens with one attached hydrogen (secondary N) is 1. The number of benzene rings is 1. The van der Waals surface area contributed by atoms with Gasteiger partial charge in [0.1, 0.15) is 5.75 Å². The molecule has 1 aromatic carbocycles. The quantitative estimate of drug-likeness (QED) is 0.875. The van der Waals surface area contributed by atoms with E-state index in [0.29, 0.717) is 9.21 Å². The van der Waals surface area contributed by atoms with Crippen molar-refractivity contribution in [2.45, 2.75) is 12.7 Å². The first kappa shape index (κ1) is 16.6. The van der Waals surface area contributed by atoms with Crippen LogP contribution in [0.5, 0.6) is 5.75 Å². The van der Waals surface area contributed by atoms with E-state index in [9.17, 15) is 18.0 Å². The second-order valence-corrected chi connectivity index (χ2v) is 6.05. The first-order valence-electron chi connectivity index (χ1n) is 6.15. The van der Waals surface area contributed by atoms with Gasteiger partial charge in [0, 0.05) is 6.54 Å². The van der Waals surface area contributed by atoms with Crippen LogP contribution < -0.4 is 10.1 Å². The van der Waals surface area contributed by atoms with Gasteiger partial charge in [0.05, 0.1) is 9.21 Å². The molecule has 0 aliphatic carbocycles. The largest absolute Gasteiger partial charge is 0.484 e. The molecule has 3 nitrogen and oxygen atoms in total. The lowest BCUT2D eigenvalue weighted by atomic mass is 10.2. The van der Waals surface area contributed by atoms with Gasteiger partial charge in [-0.15, -0.1) is 11.3 Å². The van der Waals surface area contributed by atoms with Crippen LogP contribution in [0, 0.1) is 0 Å². The second kappa shape index (κ2) is 7.02. The van der Waals surface area contributed by atoms with Crippen molar-refractivity contribution in [3.63, 3.8) is 0 Å². The molecule has 118 valence electrons. The van der Waals surface area contributed by atoms with Gasteiger partial charge in [-0.05, 0) is 29.8 Å². The van der Waals surface area contributed by atoms with Gasteiger partial charge in [0.2, 0.25) is 0 Å². The molecule has 0 spiro atoms. The Morgan fingerprint density at radius 1 is 1.18 bits per heavy atom. The van der Waals surface area contributed by atoms with Crippen LogP contribution in [0.4, 0.5) is 13.2 Å². The predicted molar refractivity (Wildman–Crippen MR) is 78.5 cm³/mol. The van der Waals surface area contributed by atoms with Crippen LogP contribution in [0.15, 0.2) is 36.4 Å². The van der Waals surface area contributed by atoms with Gasteiger partial charge in [0.25, 0.3) is 5.91 Å². The number of alkyl halides is 3. The minimum Gasteiger partial charge on any atom is -0.484 e. The zero-order valence-electron chi connectivity index (χ0n) is 11.1. The molecule has 0 radical (unpaired) electrons. The number of halogens is 4. The maximum Gasteiger partial charge on any atom is 0.422 e. The minimum atomic E-state index is -4.37. The lowest BCUT2D eigenvalue weighted by Gasteiger charge is -2.09. The third-order valence-electron chi connectivity index (χ3n) is 2.58. The standard InChI is InChI=1S/C14H11ClF3NO2S/c15-12-6-5-11(22-12)13(20)19-7-9-1-3-10(4-2-9)21-8-14(16,17)18/h1-6H,7-8H2,(H,19,20). The van der Waals surface area contributed by atoms with E-state index in [1.807, 2.05) is 0 Å². The van der Waals surface area contributed by atoms with E-state index in [4.69, 9.17) is 11.6 Å². The Balaban J connectivity index is 1.85. The minimum absolute atomic E-state index is 0.123. The Morgan fingerprint density at radius 2 is 1.86 bits per heavy atom. The van der Waals surface area contributed by atoms with Crippen LogP contribution in [0.25, 0.3) is 0 Å². The van der Waals surface area contributed by atoms with E-state index in [0.717, 1.165) is 5.56 Å². The molecule has 0 fully saturated rings. The summed E-state index contributed by atoms with van der Waals surface area (Å²) < 4.78 is 41.2. The molecular weight excluding hydrogens is 339 g/mol. The highest BCUT2D eigenvalue weighted by Crippen LogP contribution is 2.21. The van der Waals surface area contributed by atoms with Crippen LogP contribution in [-0.4, -0.2) is 18.7 Å². The van der Waals surface area contributed by atoms with Gasteiger partial charge in [-0.1, -0.05) is 23.7 Å². The highest BCUT2D eigenvalue weighted by Gasteiger charge is 2.28. The van der Waals surface area contributed by atoms with Gasteiger partial charge in [-0.2, -0.15) is 13.2 Å². The van der Waals surface area contributed by atoms with Crippen molar-refractivity contribution in [2.24, 2.45) is 0 Å². The van der Waals surface area contributed by atoms with E-state index < -0.39 is 12.8 Å². The zero-order valence-corrected chi connectivity index (χ0v) is 12.7. The molecule has 0 atom stereocenters. The number of carbonyl (C=O) groups is 1. The first-order valence-corrected chi connectivity index (χ1v) is 7.35. The second-order valence-electron chi connectivity index (χ2n) is 4.33. The van der Waals surface area contributed by atoms with E-state index in [1.54, 1.807) is 24.3 Å². The lowest BCUT2D eigenvalue weighted by Crippen LogP contribution is -2.21. The van der Waals surface area contributed by atoms with Gasteiger partial charge in [-0.25, -0.2) is 0 Å². The molecular formula is C14H11ClF3NO2S. The van der Waals surface area contributed by atoms with Gasteiger partial charge in [0.15, 0.2) is 6.61 Å².